The molecule has 32 heavy (non-hydrogen) atoms. The highest BCUT2D eigenvalue weighted by Gasteiger charge is 2.14. The standard InChI is InChI=1S/C26H25N3O3/c1-19(23-13-7-9-21-8-5-6-12-24(21)23)28-25(30)18-32-26(31)15-14-20-16-27-29(17-20)22-10-3-2-4-11-22/h2-13,16-17,19H,14-15,18H2,1H3,(H,28,30). The number of esters is 1. The Labute approximate surface area is 186 Å². The first-order valence-corrected chi connectivity index (χ1v) is 10.6. The molecule has 6 heteroatoms. The van der Waals surface area contributed by atoms with Gasteiger partial charge in [0.05, 0.1) is 17.9 Å². The maximum Gasteiger partial charge on any atom is 0.306 e. The van der Waals surface area contributed by atoms with Crippen LogP contribution in [-0.2, 0) is 20.7 Å². The molecule has 0 radical (unpaired) electrons. The second-order valence-corrected chi connectivity index (χ2v) is 7.65. The summed E-state index contributed by atoms with van der Waals surface area (Å²) in [7, 11) is 0. The average molecular weight is 428 g/mol. The summed E-state index contributed by atoms with van der Waals surface area (Å²) in [4.78, 5) is 24.4. The molecule has 3 aromatic carbocycles. The quantitative estimate of drug-likeness (QED) is 0.424. The molecule has 0 saturated carbocycles. The van der Waals surface area contributed by atoms with Gasteiger partial charge < -0.3 is 10.1 Å². The number of fused-ring (bicyclic) bond motifs is 1. The third-order valence-electron chi connectivity index (χ3n) is 5.31. The van der Waals surface area contributed by atoms with Crippen molar-refractivity contribution in [2.75, 3.05) is 6.61 Å². The van der Waals surface area contributed by atoms with Crippen molar-refractivity contribution in [3.63, 3.8) is 0 Å². The van der Waals surface area contributed by atoms with E-state index in [2.05, 4.69) is 10.4 Å². The predicted octanol–water partition coefficient (Wildman–Crippen LogP) is 4.38. The smallest absolute Gasteiger partial charge is 0.306 e. The number of nitrogens with one attached hydrogen (secondary N) is 1. The number of carbonyl (C=O) groups is 2. The molecule has 162 valence electrons. The summed E-state index contributed by atoms with van der Waals surface area (Å²) >= 11 is 0. The average Bonchev–Trinajstić information content (AvgIpc) is 3.31. The minimum atomic E-state index is -0.412. The lowest BCUT2D eigenvalue weighted by molar-refractivity contribution is -0.148. The lowest BCUT2D eigenvalue weighted by atomic mass is 10.00. The zero-order valence-corrected chi connectivity index (χ0v) is 17.9. The molecule has 1 atom stereocenters. The topological polar surface area (TPSA) is 73.2 Å². The van der Waals surface area contributed by atoms with E-state index in [4.69, 9.17) is 4.74 Å². The Kier molecular flexibility index (Phi) is 6.60. The molecule has 0 spiro atoms. The molecule has 0 aliphatic carbocycles. The molecule has 1 amide bonds. The van der Waals surface area contributed by atoms with Gasteiger partial charge in [-0.15, -0.1) is 0 Å². The number of ether oxygens (including phenoxy) is 1. The summed E-state index contributed by atoms with van der Waals surface area (Å²) in [6, 6.07) is 23.6. The van der Waals surface area contributed by atoms with Crippen LogP contribution < -0.4 is 5.32 Å². The molecule has 4 rings (SSSR count). The van der Waals surface area contributed by atoms with Crippen molar-refractivity contribution in [3.05, 3.63) is 96.3 Å². The van der Waals surface area contributed by atoms with E-state index in [1.54, 1.807) is 10.9 Å². The van der Waals surface area contributed by atoms with Gasteiger partial charge in [0.25, 0.3) is 5.91 Å². The Morgan fingerprint density at radius 1 is 1.00 bits per heavy atom. The van der Waals surface area contributed by atoms with Crippen molar-refractivity contribution in [3.8, 4) is 5.69 Å². The van der Waals surface area contributed by atoms with Gasteiger partial charge >= 0.3 is 5.97 Å². The summed E-state index contributed by atoms with van der Waals surface area (Å²) in [5.74, 6) is -0.735. The molecular formula is C26H25N3O3. The number of para-hydroxylation sites is 1. The van der Waals surface area contributed by atoms with E-state index in [1.807, 2.05) is 85.9 Å². The van der Waals surface area contributed by atoms with Gasteiger partial charge in [-0.05, 0) is 47.4 Å². The van der Waals surface area contributed by atoms with E-state index < -0.39 is 5.97 Å². The van der Waals surface area contributed by atoms with Crippen LogP contribution in [0.25, 0.3) is 16.5 Å². The summed E-state index contributed by atoms with van der Waals surface area (Å²) in [5.41, 5.74) is 2.91. The minimum Gasteiger partial charge on any atom is -0.456 e. The Morgan fingerprint density at radius 3 is 2.59 bits per heavy atom. The summed E-state index contributed by atoms with van der Waals surface area (Å²) < 4.78 is 6.93. The molecule has 1 unspecified atom stereocenters. The van der Waals surface area contributed by atoms with E-state index in [-0.39, 0.29) is 25.0 Å². The number of nitrogens with zero attached hydrogens (tertiary/aromatic N) is 2. The Bertz CT molecular complexity index is 1210. The third kappa shape index (κ3) is 5.21. The predicted molar refractivity (Wildman–Crippen MR) is 123 cm³/mol. The van der Waals surface area contributed by atoms with Gasteiger partial charge in [0, 0.05) is 12.6 Å². The summed E-state index contributed by atoms with van der Waals surface area (Å²) in [6.45, 7) is 1.63. The van der Waals surface area contributed by atoms with Crippen LogP contribution in [0.15, 0.2) is 85.2 Å². The lowest BCUT2D eigenvalue weighted by Gasteiger charge is -2.16. The summed E-state index contributed by atoms with van der Waals surface area (Å²) in [5, 5.41) is 9.44. The molecule has 0 aliphatic rings. The number of rotatable bonds is 8. The molecule has 6 nitrogen and oxygen atoms in total. The molecule has 0 bridgehead atoms. The highest BCUT2D eigenvalue weighted by molar-refractivity contribution is 5.87. The Hall–Kier alpha value is -3.93. The second kappa shape index (κ2) is 9.92. The zero-order valence-electron chi connectivity index (χ0n) is 17.9. The number of aromatic nitrogens is 2. The molecule has 1 aromatic heterocycles. The SMILES string of the molecule is CC(NC(=O)COC(=O)CCc1cnn(-c2ccccc2)c1)c1cccc2ccccc12. The van der Waals surface area contributed by atoms with Crippen LogP contribution in [0.2, 0.25) is 0 Å². The maximum absolute atomic E-state index is 12.3. The van der Waals surface area contributed by atoms with Crippen molar-refractivity contribution in [2.24, 2.45) is 0 Å². The molecule has 1 N–H and O–H groups in total. The van der Waals surface area contributed by atoms with Gasteiger partial charge in [0.15, 0.2) is 6.61 Å². The fraction of sp³-hybridized carbons (Fsp3) is 0.192. The number of carbonyl (C=O) groups excluding carboxylic acids is 2. The number of aryl methyl sites for hydroxylation is 1. The van der Waals surface area contributed by atoms with Gasteiger partial charge in [-0.3, -0.25) is 9.59 Å². The monoisotopic (exact) mass is 427 g/mol. The molecule has 0 fully saturated rings. The van der Waals surface area contributed by atoms with E-state index in [9.17, 15) is 9.59 Å². The molecule has 0 saturated heterocycles. The van der Waals surface area contributed by atoms with Gasteiger partial charge in [-0.25, -0.2) is 4.68 Å². The Balaban J connectivity index is 1.24. The normalized spacial score (nSPS) is 11.8. The van der Waals surface area contributed by atoms with E-state index in [0.29, 0.717) is 6.42 Å². The number of hydrogen-bond donors (Lipinski definition) is 1. The van der Waals surface area contributed by atoms with Crippen molar-refractivity contribution in [1.82, 2.24) is 15.1 Å². The van der Waals surface area contributed by atoms with Crippen molar-refractivity contribution in [2.45, 2.75) is 25.8 Å². The number of hydrogen-bond acceptors (Lipinski definition) is 4. The zero-order chi connectivity index (χ0) is 22.3. The lowest BCUT2D eigenvalue weighted by Crippen LogP contribution is -2.31. The van der Waals surface area contributed by atoms with Crippen molar-refractivity contribution >= 4 is 22.6 Å². The van der Waals surface area contributed by atoms with Crippen LogP contribution in [0.1, 0.15) is 30.5 Å². The first-order valence-electron chi connectivity index (χ1n) is 10.6. The van der Waals surface area contributed by atoms with Gasteiger partial charge in [-0.1, -0.05) is 60.7 Å². The first-order chi connectivity index (χ1) is 15.6. The van der Waals surface area contributed by atoms with Gasteiger partial charge in [0.2, 0.25) is 0 Å². The fourth-order valence-corrected chi connectivity index (χ4v) is 3.66. The van der Waals surface area contributed by atoms with Crippen LogP contribution in [0, 0.1) is 0 Å². The van der Waals surface area contributed by atoms with Crippen LogP contribution in [0.5, 0.6) is 0 Å². The maximum atomic E-state index is 12.3. The Morgan fingerprint density at radius 2 is 1.75 bits per heavy atom. The fourth-order valence-electron chi connectivity index (χ4n) is 3.66. The van der Waals surface area contributed by atoms with Gasteiger partial charge in [0.1, 0.15) is 0 Å². The van der Waals surface area contributed by atoms with Crippen LogP contribution in [0.3, 0.4) is 0 Å². The number of amides is 1. The minimum absolute atomic E-state index is 0.187. The van der Waals surface area contributed by atoms with E-state index in [0.717, 1.165) is 27.6 Å². The van der Waals surface area contributed by atoms with Crippen LogP contribution in [0.4, 0.5) is 0 Å². The van der Waals surface area contributed by atoms with Crippen LogP contribution in [-0.4, -0.2) is 28.3 Å². The number of benzene rings is 3. The van der Waals surface area contributed by atoms with Crippen molar-refractivity contribution in [1.29, 1.82) is 0 Å². The van der Waals surface area contributed by atoms with E-state index in [1.165, 1.54) is 0 Å². The highest BCUT2D eigenvalue weighted by atomic mass is 16.5. The van der Waals surface area contributed by atoms with E-state index >= 15 is 0 Å². The molecular weight excluding hydrogens is 402 g/mol. The molecule has 1 heterocycles. The van der Waals surface area contributed by atoms with Crippen LogP contribution >= 0.6 is 0 Å². The second-order valence-electron chi connectivity index (χ2n) is 7.65. The molecule has 0 aliphatic heterocycles. The van der Waals surface area contributed by atoms with Gasteiger partial charge in [-0.2, -0.15) is 5.10 Å². The third-order valence-corrected chi connectivity index (χ3v) is 5.31. The highest BCUT2D eigenvalue weighted by Crippen LogP contribution is 2.23. The van der Waals surface area contributed by atoms with Crippen molar-refractivity contribution < 1.29 is 14.3 Å². The molecule has 4 aromatic rings. The largest absolute Gasteiger partial charge is 0.456 e. The first kappa shape index (κ1) is 21.3. The summed E-state index contributed by atoms with van der Waals surface area (Å²) in [6.07, 6.45) is 4.31.